The van der Waals surface area contributed by atoms with Crippen LogP contribution >= 0.6 is 27.3 Å². The summed E-state index contributed by atoms with van der Waals surface area (Å²) in [5.41, 5.74) is 3.84. The minimum Gasteiger partial charge on any atom is -0.459 e. The molecule has 0 fully saturated rings. The average Bonchev–Trinajstić information content (AvgIpc) is 3.40. The Kier molecular flexibility index (Phi) is 6.34. The normalized spacial score (nSPS) is 11.5. The van der Waals surface area contributed by atoms with Gasteiger partial charge in [-0.15, -0.1) is 6.58 Å². The van der Waals surface area contributed by atoms with Crippen LogP contribution < -0.4 is 10.1 Å². The summed E-state index contributed by atoms with van der Waals surface area (Å²) in [5.74, 6) is -0.0505. The van der Waals surface area contributed by atoms with Crippen LogP contribution in [0.2, 0.25) is 0 Å². The fourth-order valence-electron chi connectivity index (χ4n) is 3.08. The molecule has 4 aromatic rings. The Morgan fingerprint density at radius 3 is 2.58 bits per heavy atom. The van der Waals surface area contributed by atoms with Gasteiger partial charge in [0.05, 0.1) is 17.6 Å². The van der Waals surface area contributed by atoms with Crippen molar-refractivity contribution in [1.82, 2.24) is 4.57 Å². The summed E-state index contributed by atoms with van der Waals surface area (Å²) >= 11 is 4.87. The van der Waals surface area contributed by atoms with Crippen molar-refractivity contribution in [2.24, 2.45) is 4.99 Å². The number of thiazole rings is 1. The van der Waals surface area contributed by atoms with E-state index in [-0.39, 0.29) is 11.7 Å². The Hall–Kier alpha value is -3.16. The molecule has 5 nitrogen and oxygen atoms in total. The monoisotopic (exact) mass is 493 g/mol. The van der Waals surface area contributed by atoms with Gasteiger partial charge in [0.2, 0.25) is 0 Å². The van der Waals surface area contributed by atoms with Crippen LogP contribution in [-0.2, 0) is 6.54 Å². The molecule has 2 aromatic carbocycles. The average molecular weight is 494 g/mol. The van der Waals surface area contributed by atoms with E-state index >= 15 is 0 Å². The highest BCUT2D eigenvalue weighted by atomic mass is 79.9. The molecule has 0 spiro atoms. The van der Waals surface area contributed by atoms with E-state index < -0.39 is 0 Å². The first-order valence-corrected chi connectivity index (χ1v) is 11.2. The van der Waals surface area contributed by atoms with Gasteiger partial charge in [-0.25, -0.2) is 4.99 Å². The highest BCUT2D eigenvalue weighted by molar-refractivity contribution is 9.10. The van der Waals surface area contributed by atoms with Crippen LogP contribution in [0.15, 0.2) is 93.5 Å². The zero-order valence-electron chi connectivity index (χ0n) is 16.8. The van der Waals surface area contributed by atoms with Crippen molar-refractivity contribution in [1.29, 1.82) is 0 Å². The first-order chi connectivity index (χ1) is 15.0. The van der Waals surface area contributed by atoms with Gasteiger partial charge in [0.15, 0.2) is 10.6 Å². The highest BCUT2D eigenvalue weighted by Crippen LogP contribution is 2.32. The van der Waals surface area contributed by atoms with Gasteiger partial charge in [0.25, 0.3) is 5.91 Å². The molecule has 0 unspecified atom stereocenters. The number of anilines is 1. The number of carbonyl (C=O) groups is 1. The van der Waals surface area contributed by atoms with Crippen molar-refractivity contribution in [3.05, 3.63) is 100 Å². The zero-order valence-corrected chi connectivity index (χ0v) is 19.2. The predicted molar refractivity (Wildman–Crippen MR) is 129 cm³/mol. The molecule has 1 amide bonds. The molecule has 0 atom stereocenters. The molecule has 0 radical (unpaired) electrons. The number of allylic oxidation sites excluding steroid dienone is 1. The number of nitrogens with one attached hydrogen (secondary N) is 1. The van der Waals surface area contributed by atoms with Crippen LogP contribution in [-0.4, -0.2) is 10.5 Å². The van der Waals surface area contributed by atoms with Crippen LogP contribution in [0, 0.1) is 6.92 Å². The molecule has 0 aliphatic heterocycles. The van der Waals surface area contributed by atoms with Crippen molar-refractivity contribution in [3.8, 4) is 11.3 Å². The fourth-order valence-corrected chi connectivity index (χ4v) is 4.42. The third-order valence-corrected chi connectivity index (χ3v) is 6.09. The maximum atomic E-state index is 12.7. The number of carbonyl (C=O) groups excluding carboxylic acids is 1. The number of rotatable bonds is 6. The smallest absolute Gasteiger partial charge is 0.292 e. The lowest BCUT2D eigenvalue weighted by Crippen LogP contribution is -2.15. The lowest BCUT2D eigenvalue weighted by molar-refractivity contribution is 0.0997. The van der Waals surface area contributed by atoms with E-state index in [4.69, 9.17) is 9.41 Å². The summed E-state index contributed by atoms with van der Waals surface area (Å²) in [6.45, 7) is 6.50. The van der Waals surface area contributed by atoms with Gasteiger partial charge < -0.3 is 14.3 Å². The summed E-state index contributed by atoms with van der Waals surface area (Å²) < 4.78 is 8.31. The second-order valence-electron chi connectivity index (χ2n) is 6.85. The molecule has 0 aliphatic rings. The molecule has 2 aromatic heterocycles. The van der Waals surface area contributed by atoms with E-state index in [9.17, 15) is 4.79 Å². The van der Waals surface area contributed by atoms with E-state index in [0.717, 1.165) is 31.8 Å². The summed E-state index contributed by atoms with van der Waals surface area (Å²) in [6.07, 6.45) is 3.31. The number of benzene rings is 2. The largest absolute Gasteiger partial charge is 0.459 e. The molecule has 2 heterocycles. The summed E-state index contributed by atoms with van der Waals surface area (Å²) in [6, 6.07) is 19.3. The highest BCUT2D eigenvalue weighted by Gasteiger charge is 2.19. The fraction of sp³-hybridized carbons (Fsp3) is 0.0833. The van der Waals surface area contributed by atoms with Crippen LogP contribution in [0.1, 0.15) is 16.1 Å². The first-order valence-electron chi connectivity index (χ1n) is 9.62. The first kappa shape index (κ1) is 21.1. The minimum atomic E-state index is -0.305. The molecule has 1 N–H and O–H groups in total. The number of aryl methyl sites for hydroxylation is 1. The molecule has 156 valence electrons. The summed E-state index contributed by atoms with van der Waals surface area (Å²) in [4.78, 5) is 18.3. The second kappa shape index (κ2) is 9.32. The van der Waals surface area contributed by atoms with Crippen molar-refractivity contribution >= 4 is 43.9 Å². The van der Waals surface area contributed by atoms with Gasteiger partial charge in [-0.1, -0.05) is 63.2 Å². The van der Waals surface area contributed by atoms with Gasteiger partial charge in [0, 0.05) is 16.6 Å². The van der Waals surface area contributed by atoms with E-state index in [0.29, 0.717) is 11.5 Å². The molecular weight excluding hydrogens is 474 g/mol. The number of furan rings is 1. The van der Waals surface area contributed by atoms with Gasteiger partial charge in [0.1, 0.15) is 5.00 Å². The molecular formula is C24H20BrN3O2S. The minimum absolute atomic E-state index is 0.255. The van der Waals surface area contributed by atoms with Crippen LogP contribution in [0.4, 0.5) is 10.7 Å². The molecule has 0 saturated carbocycles. The predicted octanol–water partition coefficient (Wildman–Crippen LogP) is 6.55. The Labute approximate surface area is 192 Å². The van der Waals surface area contributed by atoms with E-state index in [1.54, 1.807) is 12.1 Å². The van der Waals surface area contributed by atoms with E-state index in [2.05, 4.69) is 44.5 Å². The van der Waals surface area contributed by atoms with Crippen LogP contribution in [0.5, 0.6) is 0 Å². The Morgan fingerprint density at radius 1 is 1.19 bits per heavy atom. The zero-order chi connectivity index (χ0) is 21.8. The maximum Gasteiger partial charge on any atom is 0.292 e. The van der Waals surface area contributed by atoms with Crippen molar-refractivity contribution < 1.29 is 9.21 Å². The van der Waals surface area contributed by atoms with Gasteiger partial charge >= 0.3 is 0 Å². The summed E-state index contributed by atoms with van der Waals surface area (Å²) in [7, 11) is 0. The lowest BCUT2D eigenvalue weighted by Gasteiger charge is -2.10. The Balaban J connectivity index is 1.89. The molecule has 7 heteroatoms. The van der Waals surface area contributed by atoms with Gasteiger partial charge in [-0.3, -0.25) is 4.79 Å². The second-order valence-corrected chi connectivity index (χ2v) is 8.74. The third-order valence-electron chi connectivity index (χ3n) is 4.57. The molecule has 31 heavy (non-hydrogen) atoms. The third kappa shape index (κ3) is 4.78. The number of hydrogen-bond acceptors (Lipinski definition) is 4. The van der Waals surface area contributed by atoms with Gasteiger partial charge in [-0.05, 0) is 43.3 Å². The molecule has 4 rings (SSSR count). The van der Waals surface area contributed by atoms with Crippen LogP contribution in [0.3, 0.4) is 0 Å². The standard InChI is InChI=1S/C24H20BrN3O2S/c1-3-14-28-21(17-8-6-16(2)7-9-17)23(27-22(29)20-5-4-15-30-20)31-24(28)26-19-12-10-18(25)11-13-19/h3-13,15H,1,14H2,2H3,(H,27,29). The summed E-state index contributed by atoms with van der Waals surface area (Å²) in [5, 5.41) is 3.70. The molecule has 0 aliphatic carbocycles. The number of halogens is 1. The Bertz CT molecular complexity index is 1270. The van der Waals surface area contributed by atoms with Crippen molar-refractivity contribution in [2.75, 3.05) is 5.32 Å². The number of nitrogens with zero attached hydrogens (tertiary/aromatic N) is 2. The molecule has 0 saturated heterocycles. The van der Waals surface area contributed by atoms with Crippen molar-refractivity contribution in [3.63, 3.8) is 0 Å². The van der Waals surface area contributed by atoms with Gasteiger partial charge in [-0.2, -0.15) is 0 Å². The number of hydrogen-bond donors (Lipinski definition) is 1. The SMILES string of the molecule is C=CCn1c(-c2ccc(C)cc2)c(NC(=O)c2ccco2)sc1=Nc1ccc(Br)cc1. The quantitative estimate of drug-likeness (QED) is 0.309. The topological polar surface area (TPSA) is 59.5 Å². The molecule has 0 bridgehead atoms. The number of amides is 1. The van der Waals surface area contributed by atoms with E-state index in [1.807, 2.05) is 49.4 Å². The number of aromatic nitrogens is 1. The van der Waals surface area contributed by atoms with E-state index in [1.165, 1.54) is 17.6 Å². The van der Waals surface area contributed by atoms with Crippen LogP contribution in [0.25, 0.3) is 11.3 Å². The van der Waals surface area contributed by atoms with Crippen molar-refractivity contribution in [2.45, 2.75) is 13.5 Å². The Morgan fingerprint density at radius 2 is 1.94 bits per heavy atom. The maximum absolute atomic E-state index is 12.7. The lowest BCUT2D eigenvalue weighted by atomic mass is 10.1.